The summed E-state index contributed by atoms with van der Waals surface area (Å²) in [5.41, 5.74) is 2.41. The highest BCUT2D eigenvalue weighted by atomic mass is 32.1. The Morgan fingerprint density at radius 2 is 1.90 bits per heavy atom. The number of aryl methyl sites for hydroxylation is 1. The van der Waals surface area contributed by atoms with Crippen LogP contribution in [0.5, 0.6) is 0 Å². The van der Waals surface area contributed by atoms with Crippen LogP contribution in [0.2, 0.25) is 0 Å². The summed E-state index contributed by atoms with van der Waals surface area (Å²) in [6.45, 7) is 7.96. The molecule has 1 N–H and O–H groups in total. The smallest absolute Gasteiger partial charge is 0.276 e. The number of aromatic nitrogens is 3. The average Bonchev–Trinajstić information content (AvgIpc) is 3.23. The van der Waals surface area contributed by atoms with Crippen LogP contribution in [0.1, 0.15) is 54.0 Å². The number of amides is 2. The number of benzene rings is 1. The number of hydrogen-bond donors (Lipinski definition) is 1. The third-order valence-electron chi connectivity index (χ3n) is 4.37. The Bertz CT molecular complexity index is 983. The SMILES string of the molecule is Cc1ccc(CN(C(=O)c2csnn2)C(C(=O)NC(C)(C)C)c2cccnc2)cc1. The van der Waals surface area contributed by atoms with Crippen molar-refractivity contribution in [2.75, 3.05) is 0 Å². The van der Waals surface area contributed by atoms with Gasteiger partial charge < -0.3 is 10.2 Å². The number of carbonyl (C=O) groups is 2. The summed E-state index contributed by atoms with van der Waals surface area (Å²) in [5.74, 6) is -0.638. The van der Waals surface area contributed by atoms with Gasteiger partial charge in [-0.3, -0.25) is 14.6 Å². The van der Waals surface area contributed by atoms with E-state index in [1.165, 1.54) is 4.90 Å². The zero-order valence-corrected chi connectivity index (χ0v) is 18.3. The standard InChI is InChI=1S/C22H25N5O2S/c1-15-7-9-16(10-8-15)13-27(21(29)18-14-30-26-25-18)19(17-6-5-11-23-12-17)20(28)24-22(2,3)4/h5-12,14,19H,13H2,1-4H3,(H,24,28). The van der Waals surface area contributed by atoms with Gasteiger partial charge in [-0.1, -0.05) is 40.4 Å². The zero-order valence-electron chi connectivity index (χ0n) is 17.5. The van der Waals surface area contributed by atoms with Crippen LogP contribution in [-0.2, 0) is 11.3 Å². The Balaban J connectivity index is 2.06. The van der Waals surface area contributed by atoms with Gasteiger partial charge in [-0.25, -0.2) is 0 Å². The van der Waals surface area contributed by atoms with Crippen LogP contribution >= 0.6 is 11.5 Å². The van der Waals surface area contributed by atoms with Gasteiger partial charge in [0.25, 0.3) is 5.91 Å². The molecule has 2 heterocycles. The van der Waals surface area contributed by atoms with E-state index in [0.29, 0.717) is 5.56 Å². The van der Waals surface area contributed by atoms with Gasteiger partial charge in [0.1, 0.15) is 6.04 Å². The monoisotopic (exact) mass is 423 g/mol. The second-order valence-electron chi connectivity index (χ2n) is 8.14. The fourth-order valence-corrected chi connectivity index (χ4v) is 3.45. The molecule has 0 saturated heterocycles. The Kier molecular flexibility index (Phi) is 6.56. The summed E-state index contributed by atoms with van der Waals surface area (Å²) in [4.78, 5) is 32.4. The number of nitrogens with one attached hydrogen (secondary N) is 1. The fraction of sp³-hybridized carbons (Fsp3) is 0.318. The summed E-state index contributed by atoms with van der Waals surface area (Å²) in [6.07, 6.45) is 3.25. The molecule has 1 atom stereocenters. The van der Waals surface area contributed by atoms with E-state index in [-0.39, 0.29) is 24.1 Å². The highest BCUT2D eigenvalue weighted by Crippen LogP contribution is 2.26. The molecule has 0 saturated carbocycles. The van der Waals surface area contributed by atoms with Crippen LogP contribution in [0.15, 0.2) is 54.2 Å². The van der Waals surface area contributed by atoms with Gasteiger partial charge >= 0.3 is 0 Å². The first kappa shape index (κ1) is 21.6. The van der Waals surface area contributed by atoms with Gasteiger partial charge in [0, 0.05) is 35.4 Å². The lowest BCUT2D eigenvalue weighted by molar-refractivity contribution is -0.127. The van der Waals surface area contributed by atoms with Crippen LogP contribution in [0.25, 0.3) is 0 Å². The molecule has 0 aliphatic heterocycles. The quantitative estimate of drug-likeness (QED) is 0.655. The van der Waals surface area contributed by atoms with Crippen LogP contribution in [0, 0.1) is 6.92 Å². The number of nitrogens with zero attached hydrogens (tertiary/aromatic N) is 4. The molecular formula is C22H25N5O2S. The highest BCUT2D eigenvalue weighted by Gasteiger charge is 2.34. The Hall–Kier alpha value is -3.13. The van der Waals surface area contributed by atoms with Crippen molar-refractivity contribution in [3.8, 4) is 0 Å². The maximum Gasteiger partial charge on any atom is 0.276 e. The predicted octanol–water partition coefficient (Wildman–Crippen LogP) is 3.54. The molecule has 8 heteroatoms. The van der Waals surface area contributed by atoms with Crippen LogP contribution in [0.3, 0.4) is 0 Å². The van der Waals surface area contributed by atoms with Crippen LogP contribution < -0.4 is 5.32 Å². The van der Waals surface area contributed by atoms with Gasteiger partial charge in [-0.2, -0.15) is 0 Å². The first-order valence-corrected chi connectivity index (χ1v) is 10.4. The maximum atomic E-state index is 13.4. The minimum Gasteiger partial charge on any atom is -0.349 e. The lowest BCUT2D eigenvalue weighted by Gasteiger charge is -2.33. The summed E-state index contributed by atoms with van der Waals surface area (Å²) in [7, 11) is 0. The zero-order chi connectivity index (χ0) is 21.7. The summed E-state index contributed by atoms with van der Waals surface area (Å²) in [5, 5.41) is 8.52. The van der Waals surface area contributed by atoms with Crippen LogP contribution in [0.4, 0.5) is 0 Å². The van der Waals surface area contributed by atoms with Crippen molar-refractivity contribution >= 4 is 23.3 Å². The molecule has 0 radical (unpaired) electrons. The molecule has 0 aliphatic carbocycles. The van der Waals surface area contributed by atoms with Crippen molar-refractivity contribution in [3.05, 3.63) is 76.6 Å². The second-order valence-corrected chi connectivity index (χ2v) is 8.75. The maximum absolute atomic E-state index is 13.4. The summed E-state index contributed by atoms with van der Waals surface area (Å²) < 4.78 is 3.81. The van der Waals surface area contributed by atoms with Crippen molar-refractivity contribution in [2.45, 2.75) is 45.8 Å². The molecule has 2 aromatic heterocycles. The molecule has 30 heavy (non-hydrogen) atoms. The second kappa shape index (κ2) is 9.13. The molecule has 0 spiro atoms. The molecule has 0 bridgehead atoms. The Labute approximate surface area is 180 Å². The average molecular weight is 424 g/mol. The normalized spacial score (nSPS) is 12.3. The minimum atomic E-state index is -0.867. The van der Waals surface area contributed by atoms with E-state index in [9.17, 15) is 9.59 Å². The molecule has 1 aromatic carbocycles. The molecule has 3 rings (SSSR count). The van der Waals surface area contributed by atoms with E-state index in [2.05, 4.69) is 19.9 Å². The Morgan fingerprint density at radius 1 is 1.17 bits per heavy atom. The van der Waals surface area contributed by atoms with Gasteiger partial charge in [0.15, 0.2) is 5.69 Å². The molecule has 0 fully saturated rings. The Morgan fingerprint density at radius 3 is 2.47 bits per heavy atom. The minimum absolute atomic E-state index is 0.213. The number of hydrogen-bond acceptors (Lipinski definition) is 6. The van der Waals surface area contributed by atoms with Gasteiger partial charge in [-0.05, 0) is 50.9 Å². The van der Waals surface area contributed by atoms with E-state index < -0.39 is 11.6 Å². The molecule has 1 unspecified atom stereocenters. The van der Waals surface area contributed by atoms with Crippen LogP contribution in [-0.4, -0.2) is 36.8 Å². The molecule has 2 amide bonds. The molecular weight excluding hydrogens is 398 g/mol. The van der Waals surface area contributed by atoms with E-state index >= 15 is 0 Å². The first-order valence-electron chi connectivity index (χ1n) is 9.60. The molecule has 7 nitrogen and oxygen atoms in total. The third kappa shape index (κ3) is 5.48. The number of pyridine rings is 1. The molecule has 0 aliphatic rings. The van der Waals surface area contributed by atoms with E-state index in [0.717, 1.165) is 22.7 Å². The lowest BCUT2D eigenvalue weighted by Crippen LogP contribution is -2.49. The van der Waals surface area contributed by atoms with Crippen molar-refractivity contribution in [1.82, 2.24) is 24.8 Å². The third-order valence-corrected chi connectivity index (χ3v) is 4.88. The highest BCUT2D eigenvalue weighted by molar-refractivity contribution is 7.03. The lowest BCUT2D eigenvalue weighted by atomic mass is 10.0. The van der Waals surface area contributed by atoms with Gasteiger partial charge in [0.2, 0.25) is 5.91 Å². The van der Waals surface area contributed by atoms with Crippen molar-refractivity contribution in [2.24, 2.45) is 0 Å². The summed E-state index contributed by atoms with van der Waals surface area (Å²) >= 11 is 1.10. The molecule has 156 valence electrons. The van der Waals surface area contributed by atoms with E-state index in [1.807, 2.05) is 52.0 Å². The largest absolute Gasteiger partial charge is 0.349 e. The van der Waals surface area contributed by atoms with Crippen molar-refractivity contribution in [3.63, 3.8) is 0 Å². The predicted molar refractivity (Wildman–Crippen MR) is 116 cm³/mol. The fourth-order valence-electron chi connectivity index (χ4n) is 3.02. The van der Waals surface area contributed by atoms with Crippen molar-refractivity contribution < 1.29 is 9.59 Å². The first-order chi connectivity index (χ1) is 14.2. The summed E-state index contributed by atoms with van der Waals surface area (Å²) in [6, 6.07) is 10.6. The van der Waals surface area contributed by atoms with Gasteiger partial charge in [0.05, 0.1) is 0 Å². The van der Waals surface area contributed by atoms with E-state index in [1.54, 1.807) is 29.9 Å². The number of rotatable bonds is 6. The van der Waals surface area contributed by atoms with Gasteiger partial charge in [-0.15, -0.1) is 5.10 Å². The van der Waals surface area contributed by atoms with Crippen molar-refractivity contribution in [1.29, 1.82) is 0 Å². The topological polar surface area (TPSA) is 88.1 Å². The number of carbonyl (C=O) groups excluding carboxylic acids is 2. The van der Waals surface area contributed by atoms with E-state index in [4.69, 9.17) is 0 Å². The molecule has 3 aromatic rings.